The average molecular weight is 337 g/mol. The van der Waals surface area contributed by atoms with E-state index in [1.807, 2.05) is 18.2 Å². The monoisotopic (exact) mass is 337 g/mol. The number of benzene rings is 1. The van der Waals surface area contributed by atoms with Crippen LogP contribution >= 0.6 is 11.8 Å². The standard InChI is InChI=1S/C15H19N3O4S/c1-10(17-11-5-3-4-6-12(11)22-2)14(20)16-7-8-18-13(19)9-23-15(18)21/h3-6,10,17H,7-9H2,1-2H3,(H,16,20)/t10-/m1/s1. The molecular weight excluding hydrogens is 318 g/mol. The number of anilines is 1. The molecule has 0 saturated carbocycles. The summed E-state index contributed by atoms with van der Waals surface area (Å²) in [5.41, 5.74) is 0.721. The van der Waals surface area contributed by atoms with Crippen molar-refractivity contribution in [2.75, 3.05) is 31.3 Å². The minimum Gasteiger partial charge on any atom is -0.495 e. The number of imide groups is 1. The third-order valence-corrected chi connectivity index (χ3v) is 4.21. The molecule has 1 fully saturated rings. The van der Waals surface area contributed by atoms with Gasteiger partial charge in [-0.25, -0.2) is 0 Å². The van der Waals surface area contributed by atoms with E-state index in [4.69, 9.17) is 4.74 Å². The number of methoxy groups -OCH3 is 1. The molecule has 8 heteroatoms. The van der Waals surface area contributed by atoms with Crippen molar-refractivity contribution in [2.45, 2.75) is 13.0 Å². The summed E-state index contributed by atoms with van der Waals surface area (Å²) in [5.74, 6) is 0.396. The van der Waals surface area contributed by atoms with E-state index in [1.54, 1.807) is 20.1 Å². The molecule has 0 aromatic heterocycles. The van der Waals surface area contributed by atoms with Crippen LogP contribution in [0.15, 0.2) is 24.3 Å². The Morgan fingerprint density at radius 3 is 2.78 bits per heavy atom. The van der Waals surface area contributed by atoms with Crippen LogP contribution in [0.25, 0.3) is 0 Å². The van der Waals surface area contributed by atoms with Crippen molar-refractivity contribution >= 4 is 34.5 Å². The number of thioether (sulfide) groups is 1. The zero-order chi connectivity index (χ0) is 16.8. The Morgan fingerprint density at radius 2 is 2.13 bits per heavy atom. The van der Waals surface area contributed by atoms with Gasteiger partial charge in [-0.1, -0.05) is 23.9 Å². The molecule has 7 nitrogen and oxygen atoms in total. The van der Waals surface area contributed by atoms with Gasteiger partial charge in [-0.2, -0.15) is 0 Å². The zero-order valence-electron chi connectivity index (χ0n) is 13.0. The molecule has 3 amide bonds. The van der Waals surface area contributed by atoms with Gasteiger partial charge in [0.05, 0.1) is 18.6 Å². The molecule has 23 heavy (non-hydrogen) atoms. The maximum absolute atomic E-state index is 12.1. The second-order valence-corrected chi connectivity index (χ2v) is 5.88. The molecule has 2 N–H and O–H groups in total. The maximum Gasteiger partial charge on any atom is 0.288 e. The molecule has 1 atom stereocenters. The van der Waals surface area contributed by atoms with Crippen molar-refractivity contribution in [3.63, 3.8) is 0 Å². The minimum atomic E-state index is -0.481. The van der Waals surface area contributed by atoms with Crippen LogP contribution in [0.1, 0.15) is 6.92 Å². The summed E-state index contributed by atoms with van der Waals surface area (Å²) in [7, 11) is 1.56. The van der Waals surface area contributed by atoms with E-state index in [0.29, 0.717) is 5.75 Å². The number of para-hydroxylation sites is 2. The van der Waals surface area contributed by atoms with Crippen molar-refractivity contribution in [2.24, 2.45) is 0 Å². The number of hydrogen-bond acceptors (Lipinski definition) is 6. The van der Waals surface area contributed by atoms with Crippen molar-refractivity contribution in [3.05, 3.63) is 24.3 Å². The maximum atomic E-state index is 12.1. The first-order valence-electron chi connectivity index (χ1n) is 7.17. The molecule has 0 spiro atoms. The van der Waals surface area contributed by atoms with Gasteiger partial charge in [0.25, 0.3) is 5.24 Å². The summed E-state index contributed by atoms with van der Waals surface area (Å²) >= 11 is 0.983. The molecule has 1 aromatic rings. The van der Waals surface area contributed by atoms with Crippen LogP contribution in [-0.2, 0) is 9.59 Å². The van der Waals surface area contributed by atoms with Crippen LogP contribution in [-0.4, -0.2) is 53.9 Å². The number of carbonyl (C=O) groups is 3. The molecule has 1 heterocycles. The summed E-state index contributed by atoms with van der Waals surface area (Å²) in [6.45, 7) is 2.15. The summed E-state index contributed by atoms with van der Waals surface area (Å²) in [4.78, 5) is 36.1. The van der Waals surface area contributed by atoms with E-state index in [9.17, 15) is 14.4 Å². The van der Waals surface area contributed by atoms with E-state index in [2.05, 4.69) is 10.6 Å². The number of nitrogens with zero attached hydrogens (tertiary/aromatic N) is 1. The molecule has 1 aliphatic heterocycles. The number of rotatable bonds is 7. The quantitative estimate of drug-likeness (QED) is 0.780. The smallest absolute Gasteiger partial charge is 0.288 e. The van der Waals surface area contributed by atoms with Gasteiger partial charge in [0, 0.05) is 13.1 Å². The fourth-order valence-corrected chi connectivity index (χ4v) is 2.86. The fraction of sp³-hybridized carbons (Fsp3) is 0.400. The Kier molecular flexibility index (Phi) is 5.86. The van der Waals surface area contributed by atoms with Gasteiger partial charge in [0.2, 0.25) is 11.8 Å². The van der Waals surface area contributed by atoms with E-state index < -0.39 is 6.04 Å². The predicted octanol–water partition coefficient (Wildman–Crippen LogP) is 1.31. The van der Waals surface area contributed by atoms with Crippen molar-refractivity contribution < 1.29 is 19.1 Å². The highest BCUT2D eigenvalue weighted by atomic mass is 32.2. The molecule has 124 valence electrons. The molecule has 0 bridgehead atoms. The Bertz CT molecular complexity index is 592. The Balaban J connectivity index is 1.81. The first-order chi connectivity index (χ1) is 11.0. The van der Waals surface area contributed by atoms with Gasteiger partial charge >= 0.3 is 0 Å². The van der Waals surface area contributed by atoms with E-state index in [-0.39, 0.29) is 35.9 Å². The predicted molar refractivity (Wildman–Crippen MR) is 88.7 cm³/mol. The number of carbonyl (C=O) groups excluding carboxylic acids is 3. The fourth-order valence-electron chi connectivity index (χ4n) is 2.10. The largest absolute Gasteiger partial charge is 0.495 e. The second kappa shape index (κ2) is 7.87. The molecule has 0 unspecified atom stereocenters. The Morgan fingerprint density at radius 1 is 1.39 bits per heavy atom. The van der Waals surface area contributed by atoms with Crippen molar-refractivity contribution in [1.29, 1.82) is 0 Å². The van der Waals surface area contributed by atoms with Crippen LogP contribution < -0.4 is 15.4 Å². The highest BCUT2D eigenvalue weighted by Crippen LogP contribution is 2.23. The minimum absolute atomic E-state index is 0.179. The molecule has 2 rings (SSSR count). The molecule has 1 aromatic carbocycles. The van der Waals surface area contributed by atoms with Gasteiger partial charge in [0.15, 0.2) is 0 Å². The van der Waals surface area contributed by atoms with Crippen LogP contribution in [0.4, 0.5) is 10.5 Å². The number of nitrogens with one attached hydrogen (secondary N) is 2. The third-order valence-electron chi connectivity index (χ3n) is 3.35. The molecule has 0 radical (unpaired) electrons. The third kappa shape index (κ3) is 4.38. The summed E-state index contributed by atoms with van der Waals surface area (Å²) in [5, 5.41) is 5.52. The summed E-state index contributed by atoms with van der Waals surface area (Å²) < 4.78 is 5.22. The number of ether oxygens (including phenoxy) is 1. The van der Waals surface area contributed by atoms with E-state index in [1.165, 1.54) is 0 Å². The zero-order valence-corrected chi connectivity index (χ0v) is 13.8. The number of hydrogen-bond donors (Lipinski definition) is 2. The topological polar surface area (TPSA) is 87.7 Å². The molecule has 1 aliphatic rings. The SMILES string of the molecule is COc1ccccc1N[C@H](C)C(=O)NCCN1C(=O)CSC1=O. The van der Waals surface area contributed by atoms with Crippen LogP contribution in [0.3, 0.4) is 0 Å². The van der Waals surface area contributed by atoms with Gasteiger partial charge in [0.1, 0.15) is 11.8 Å². The average Bonchev–Trinajstić information content (AvgIpc) is 2.87. The van der Waals surface area contributed by atoms with Gasteiger partial charge < -0.3 is 15.4 Å². The summed E-state index contributed by atoms with van der Waals surface area (Å²) in [6.07, 6.45) is 0. The summed E-state index contributed by atoms with van der Waals surface area (Å²) in [6, 6.07) is 6.83. The van der Waals surface area contributed by atoms with Crippen LogP contribution in [0, 0.1) is 0 Å². The Hall–Kier alpha value is -2.22. The highest BCUT2D eigenvalue weighted by molar-refractivity contribution is 8.14. The normalized spacial score (nSPS) is 15.5. The van der Waals surface area contributed by atoms with Gasteiger partial charge in [-0.05, 0) is 19.1 Å². The first-order valence-corrected chi connectivity index (χ1v) is 8.16. The Labute approximate surface area is 138 Å². The van der Waals surface area contributed by atoms with Crippen LogP contribution in [0.2, 0.25) is 0 Å². The molecular formula is C15H19N3O4S. The van der Waals surface area contributed by atoms with Crippen molar-refractivity contribution in [3.8, 4) is 5.75 Å². The first kappa shape index (κ1) is 17.1. The van der Waals surface area contributed by atoms with Crippen LogP contribution in [0.5, 0.6) is 5.75 Å². The van der Waals surface area contributed by atoms with Crippen molar-refractivity contribution in [1.82, 2.24) is 10.2 Å². The van der Waals surface area contributed by atoms with Gasteiger partial charge in [-0.3, -0.25) is 19.3 Å². The second-order valence-electron chi connectivity index (χ2n) is 4.96. The van der Waals surface area contributed by atoms with Gasteiger partial charge in [-0.15, -0.1) is 0 Å². The molecule has 0 aliphatic carbocycles. The molecule has 1 saturated heterocycles. The lowest BCUT2D eigenvalue weighted by Crippen LogP contribution is -2.42. The highest BCUT2D eigenvalue weighted by Gasteiger charge is 2.29. The lowest BCUT2D eigenvalue weighted by molar-refractivity contribution is -0.125. The number of amides is 3. The lowest BCUT2D eigenvalue weighted by atomic mass is 10.2. The van der Waals surface area contributed by atoms with E-state index >= 15 is 0 Å². The lowest BCUT2D eigenvalue weighted by Gasteiger charge is -2.18. The van der Waals surface area contributed by atoms with E-state index in [0.717, 1.165) is 22.3 Å².